The van der Waals surface area contributed by atoms with Crippen molar-refractivity contribution in [2.45, 2.75) is 24.9 Å². The van der Waals surface area contributed by atoms with Crippen molar-refractivity contribution in [3.05, 3.63) is 59.2 Å². The zero-order valence-electron chi connectivity index (χ0n) is 14.3. The van der Waals surface area contributed by atoms with Gasteiger partial charge >= 0.3 is 0 Å². The number of carbonyl (C=O) groups is 1. The zero-order chi connectivity index (χ0) is 17.9. The number of hydrogen-bond donors (Lipinski definition) is 1. The second-order valence-corrected chi connectivity index (χ2v) is 7.77. The van der Waals surface area contributed by atoms with Crippen molar-refractivity contribution in [1.29, 1.82) is 0 Å². The lowest BCUT2D eigenvalue weighted by Crippen LogP contribution is -2.24. The first kappa shape index (κ1) is 17.1. The van der Waals surface area contributed by atoms with Crippen LogP contribution in [0.15, 0.2) is 52.9 Å². The molecule has 0 saturated carbocycles. The summed E-state index contributed by atoms with van der Waals surface area (Å²) in [6, 6.07) is 14.1. The number of aromatic nitrogens is 3. The molecule has 4 aromatic rings. The van der Waals surface area contributed by atoms with Crippen LogP contribution >= 0.6 is 23.1 Å². The van der Waals surface area contributed by atoms with Gasteiger partial charge in [0, 0.05) is 13.0 Å². The van der Waals surface area contributed by atoms with E-state index in [-0.39, 0.29) is 5.91 Å². The number of rotatable bonds is 6. The smallest absolute Gasteiger partial charge is 0.230 e. The molecule has 0 fully saturated rings. The molecular formula is C19H18N4OS2. The first-order chi connectivity index (χ1) is 12.8. The van der Waals surface area contributed by atoms with E-state index in [2.05, 4.69) is 44.4 Å². The van der Waals surface area contributed by atoms with Gasteiger partial charge in [0.2, 0.25) is 5.91 Å². The SMILES string of the molecule is CCc1nnc(SCC(=O)NCc2ccccc2)c2cc3sccc3n12. The van der Waals surface area contributed by atoms with Gasteiger partial charge in [0.15, 0.2) is 0 Å². The lowest BCUT2D eigenvalue weighted by molar-refractivity contribution is -0.118. The Balaban J connectivity index is 1.49. The Hall–Kier alpha value is -2.38. The lowest BCUT2D eigenvalue weighted by atomic mass is 10.2. The molecular weight excluding hydrogens is 364 g/mol. The normalized spacial score (nSPS) is 11.3. The van der Waals surface area contributed by atoms with Gasteiger partial charge in [0.05, 0.1) is 21.5 Å². The number of nitrogens with zero attached hydrogens (tertiary/aromatic N) is 3. The number of thiophene rings is 1. The average molecular weight is 383 g/mol. The van der Waals surface area contributed by atoms with Crippen LogP contribution in [-0.4, -0.2) is 26.3 Å². The van der Waals surface area contributed by atoms with E-state index in [1.165, 1.54) is 16.5 Å². The Morgan fingerprint density at radius 2 is 2.04 bits per heavy atom. The van der Waals surface area contributed by atoms with Gasteiger partial charge in [-0.05, 0) is 23.1 Å². The highest BCUT2D eigenvalue weighted by Gasteiger charge is 2.14. The van der Waals surface area contributed by atoms with Gasteiger partial charge in [-0.25, -0.2) is 0 Å². The maximum Gasteiger partial charge on any atom is 0.230 e. The molecule has 0 aliphatic heterocycles. The maximum atomic E-state index is 12.2. The molecule has 4 rings (SSSR count). The lowest BCUT2D eigenvalue weighted by Gasteiger charge is -2.08. The summed E-state index contributed by atoms with van der Waals surface area (Å²) in [5, 5.41) is 14.5. The Morgan fingerprint density at radius 1 is 1.19 bits per heavy atom. The largest absolute Gasteiger partial charge is 0.351 e. The van der Waals surface area contributed by atoms with E-state index in [1.54, 1.807) is 11.3 Å². The van der Waals surface area contributed by atoms with Gasteiger partial charge in [0.25, 0.3) is 0 Å². The van der Waals surface area contributed by atoms with Crippen molar-refractivity contribution in [3.63, 3.8) is 0 Å². The molecule has 0 atom stereocenters. The van der Waals surface area contributed by atoms with Crippen LogP contribution in [0.5, 0.6) is 0 Å². The van der Waals surface area contributed by atoms with E-state index >= 15 is 0 Å². The molecule has 3 heterocycles. The quantitative estimate of drug-likeness (QED) is 0.514. The van der Waals surface area contributed by atoms with E-state index < -0.39 is 0 Å². The first-order valence-corrected chi connectivity index (χ1v) is 10.3. The molecule has 132 valence electrons. The molecule has 3 aromatic heterocycles. The van der Waals surface area contributed by atoms with Crippen LogP contribution < -0.4 is 5.32 Å². The summed E-state index contributed by atoms with van der Waals surface area (Å²) >= 11 is 3.14. The second-order valence-electron chi connectivity index (χ2n) is 5.86. The van der Waals surface area contributed by atoms with Gasteiger partial charge in [-0.2, -0.15) is 0 Å². The molecule has 5 nitrogen and oxygen atoms in total. The van der Waals surface area contributed by atoms with E-state index in [0.29, 0.717) is 12.3 Å². The molecule has 26 heavy (non-hydrogen) atoms. The molecule has 1 aromatic carbocycles. The molecule has 0 saturated heterocycles. The number of carbonyl (C=O) groups excluding carboxylic acids is 1. The molecule has 0 spiro atoms. The van der Waals surface area contributed by atoms with Crippen molar-refractivity contribution in [3.8, 4) is 0 Å². The summed E-state index contributed by atoms with van der Waals surface area (Å²) in [5.41, 5.74) is 3.28. The zero-order valence-corrected chi connectivity index (χ0v) is 15.9. The predicted octanol–water partition coefficient (Wildman–Crippen LogP) is 3.91. The molecule has 0 unspecified atom stereocenters. The number of thioether (sulfide) groups is 1. The van der Waals surface area contributed by atoms with Crippen molar-refractivity contribution in [1.82, 2.24) is 19.9 Å². The number of benzene rings is 1. The highest BCUT2D eigenvalue weighted by Crippen LogP contribution is 2.31. The van der Waals surface area contributed by atoms with E-state index in [4.69, 9.17) is 0 Å². The monoisotopic (exact) mass is 382 g/mol. The molecule has 1 amide bonds. The number of hydrogen-bond acceptors (Lipinski definition) is 5. The molecule has 0 bridgehead atoms. The summed E-state index contributed by atoms with van der Waals surface area (Å²) < 4.78 is 3.37. The fourth-order valence-electron chi connectivity index (χ4n) is 2.87. The van der Waals surface area contributed by atoms with Gasteiger partial charge < -0.3 is 5.32 Å². The van der Waals surface area contributed by atoms with Crippen LogP contribution in [0.2, 0.25) is 0 Å². The summed E-state index contributed by atoms with van der Waals surface area (Å²) in [7, 11) is 0. The maximum absolute atomic E-state index is 12.2. The molecule has 7 heteroatoms. The summed E-state index contributed by atoms with van der Waals surface area (Å²) in [5.74, 6) is 1.25. The van der Waals surface area contributed by atoms with Gasteiger partial charge in [0.1, 0.15) is 10.9 Å². The minimum absolute atomic E-state index is 0.00765. The fourth-order valence-corrected chi connectivity index (χ4v) is 4.44. The standard InChI is InChI=1S/C19H18N4OS2/c1-2-17-21-22-19(15-10-16-14(23(15)17)8-9-25-16)26-12-18(24)20-11-13-6-4-3-5-7-13/h3-10H,2,11-12H2,1H3,(H,20,24). The van der Waals surface area contributed by atoms with Crippen LogP contribution in [0.25, 0.3) is 15.7 Å². The number of fused-ring (bicyclic) bond motifs is 3. The third-order valence-electron chi connectivity index (χ3n) is 4.15. The summed E-state index contributed by atoms with van der Waals surface area (Å²) in [4.78, 5) is 12.2. The van der Waals surface area contributed by atoms with Crippen molar-refractivity contribution in [2.24, 2.45) is 0 Å². The van der Waals surface area contributed by atoms with Crippen LogP contribution in [0.4, 0.5) is 0 Å². The Kier molecular flexibility index (Phi) is 4.90. The highest BCUT2D eigenvalue weighted by atomic mass is 32.2. The minimum Gasteiger partial charge on any atom is -0.351 e. The van der Waals surface area contributed by atoms with Crippen molar-refractivity contribution >= 4 is 44.7 Å². The average Bonchev–Trinajstić information content (AvgIpc) is 3.27. The molecule has 1 N–H and O–H groups in total. The van der Waals surface area contributed by atoms with E-state index in [1.807, 2.05) is 30.3 Å². The van der Waals surface area contributed by atoms with Gasteiger partial charge in [-0.15, -0.1) is 21.5 Å². The highest BCUT2D eigenvalue weighted by molar-refractivity contribution is 8.00. The minimum atomic E-state index is -0.00765. The summed E-state index contributed by atoms with van der Waals surface area (Å²) in [6.07, 6.45) is 0.811. The first-order valence-electron chi connectivity index (χ1n) is 8.44. The third kappa shape index (κ3) is 3.32. The number of aryl methyl sites for hydroxylation is 1. The van der Waals surface area contributed by atoms with E-state index in [0.717, 1.165) is 33.9 Å². The van der Waals surface area contributed by atoms with Gasteiger partial charge in [-0.3, -0.25) is 9.20 Å². The second kappa shape index (κ2) is 7.47. The third-order valence-corrected chi connectivity index (χ3v) is 5.97. The van der Waals surface area contributed by atoms with Crippen molar-refractivity contribution in [2.75, 3.05) is 5.75 Å². The molecule has 0 aliphatic carbocycles. The van der Waals surface area contributed by atoms with Crippen LogP contribution in [0.1, 0.15) is 18.3 Å². The van der Waals surface area contributed by atoms with Gasteiger partial charge in [-0.1, -0.05) is 49.0 Å². The van der Waals surface area contributed by atoms with Crippen molar-refractivity contribution < 1.29 is 4.79 Å². The fraction of sp³-hybridized carbons (Fsp3) is 0.211. The molecule has 0 radical (unpaired) electrons. The van der Waals surface area contributed by atoms with Crippen LogP contribution in [0, 0.1) is 0 Å². The Labute approximate surface area is 159 Å². The number of amides is 1. The van der Waals surface area contributed by atoms with Crippen LogP contribution in [-0.2, 0) is 17.8 Å². The Bertz CT molecular complexity index is 1060. The molecule has 0 aliphatic rings. The predicted molar refractivity (Wildman–Crippen MR) is 107 cm³/mol. The number of nitrogens with one attached hydrogen (secondary N) is 1. The van der Waals surface area contributed by atoms with E-state index in [9.17, 15) is 4.79 Å². The van der Waals surface area contributed by atoms with Crippen LogP contribution in [0.3, 0.4) is 0 Å². The topological polar surface area (TPSA) is 59.3 Å². The summed E-state index contributed by atoms with van der Waals surface area (Å²) in [6.45, 7) is 2.61. The Morgan fingerprint density at radius 3 is 2.85 bits per heavy atom.